The van der Waals surface area contributed by atoms with Gasteiger partial charge in [0.1, 0.15) is 0 Å². The largest absolute Gasteiger partial charge is 1.00 e. The average Bonchev–Trinajstić information content (AvgIpc) is 1.73. The Kier molecular flexibility index (Phi) is 55.4. The molecule has 6 fully saturated rings. The van der Waals surface area contributed by atoms with E-state index in [1.54, 1.807) is 13.8 Å². The number of amides is 8. The first-order valence-corrected chi connectivity index (χ1v) is 46.0. The highest BCUT2D eigenvalue weighted by Crippen LogP contribution is 2.50. The molecule has 6 aromatic rings. The fourth-order valence-electron chi connectivity index (χ4n) is 13.5. The molecule has 119 heavy (non-hydrogen) atoms. The van der Waals surface area contributed by atoms with Gasteiger partial charge in [0.15, 0.2) is 0 Å². The maximum absolute atomic E-state index is 12.6. The molecule has 0 radical (unpaired) electrons. The lowest BCUT2D eigenvalue weighted by Crippen LogP contribution is -3.00. The molecule has 0 bridgehead atoms. The van der Waals surface area contributed by atoms with Gasteiger partial charge >= 0.3 is 24.1 Å². The van der Waals surface area contributed by atoms with E-state index in [1.807, 2.05) is 72.7 Å². The summed E-state index contributed by atoms with van der Waals surface area (Å²) in [6.07, 6.45) is 28.6. The van der Waals surface area contributed by atoms with Crippen molar-refractivity contribution < 1.29 is 52.0 Å². The Bertz CT molecular complexity index is 4080. The van der Waals surface area contributed by atoms with Gasteiger partial charge in [-0.2, -0.15) is 60.5 Å². The summed E-state index contributed by atoms with van der Waals surface area (Å²) in [5.74, 6) is 29.0. The molecule has 14 N–H and O–H groups in total. The standard InChI is InChI=1S/C31H35N3O2S2.C21H21NS.C12H21N3O2S2.C10H16N2O3S.C6H2.C5H4.C4H6.C3H4.C2H7NS.ClH/c35-28(19-11-10-18-27-29-26(22-37-27)33-30(36)34-29)32-20-21-38-31(23-12-4-1-5-13-23,24-14-6-2-7-15-24)25-16-8-3-9-17-25;22-16-17-23-21(18-10-4-1-5-11-18,19-12-6-2-7-13-19)20-14-8-3-9-15-20;16-10(13-5-6-18)4-2-1-3-9-11-8(7-19-9)14-12(17)15-11;13-8(14)4-2-1-3-7-9-6(5-16-7)11-10(15)12-9;1-3-5-6-4-2;1-3-5-4-2;1-3-4-2;1-3-2;3-1-2-4;/h1-9,12-17,26-27,29H,10-11,18-22H2,(H,32,35)(H2,33,34,36);1-15H,16-17,22H2;8-9,11,18H,1-7H2,(H,13,16)(H2,14,15,17);6-7,9H,1-5H2,(H,13,14)(H2,11,12,15);1-2H;1H,2H3;1-2H3;1H,2H3;4H,1-3H2;1H/t26-,27-,29-;;8-,9-,11-;6-,7-,9-;;;;;;/m0.00....../s1. The summed E-state index contributed by atoms with van der Waals surface area (Å²) in [6, 6.07) is 65.5. The molecule has 0 aromatic heterocycles. The molecule has 6 heterocycles. The second-order valence-electron chi connectivity index (χ2n) is 26.9. The number of nitrogens with two attached hydrogens (primary N) is 1. The van der Waals surface area contributed by atoms with E-state index in [9.17, 15) is 28.8 Å². The van der Waals surface area contributed by atoms with Crippen LogP contribution in [0.3, 0.4) is 0 Å². The average molecular weight is 1760 g/mol. The molecule has 17 nitrogen and oxygen atoms in total. The van der Waals surface area contributed by atoms with Crippen molar-refractivity contribution in [2.75, 3.05) is 66.4 Å². The lowest BCUT2D eigenvalue weighted by Gasteiger charge is -2.35. The first-order chi connectivity index (χ1) is 57.5. The van der Waals surface area contributed by atoms with E-state index in [4.69, 9.17) is 30.1 Å². The van der Waals surface area contributed by atoms with Crippen molar-refractivity contribution in [3.8, 4) is 84.9 Å². The van der Waals surface area contributed by atoms with E-state index < -0.39 is 5.97 Å². The number of hydrogen-bond donors (Lipinski definition) is 13. The highest BCUT2D eigenvalue weighted by Gasteiger charge is 2.45. The number of carboxylic acid groups (broad SMARTS) is 1. The monoisotopic (exact) mass is 1760 g/mol. The van der Waals surface area contributed by atoms with Gasteiger partial charge in [-0.15, -0.1) is 67.0 Å². The number of carboxylic acids is 1. The van der Waals surface area contributed by atoms with Crippen LogP contribution >= 0.6 is 84.1 Å². The van der Waals surface area contributed by atoms with Gasteiger partial charge in [0.2, 0.25) is 11.8 Å². The summed E-state index contributed by atoms with van der Waals surface area (Å²) < 4.78 is -0.598. The number of quaternary nitrogens is 1. The van der Waals surface area contributed by atoms with E-state index in [-0.39, 0.29) is 88.4 Å². The Morgan fingerprint density at radius 1 is 0.462 bits per heavy atom. The summed E-state index contributed by atoms with van der Waals surface area (Å²) in [5, 5.41) is 33.6. The zero-order chi connectivity index (χ0) is 85.9. The minimum Gasteiger partial charge on any atom is -1.00 e. The number of rotatable bonds is 31. The van der Waals surface area contributed by atoms with Crippen molar-refractivity contribution in [1.82, 2.24) is 42.5 Å². The molecule has 12 rings (SSSR count). The Morgan fingerprint density at radius 3 is 0.992 bits per heavy atom. The molecule has 6 aliphatic heterocycles. The molecule has 0 unspecified atom stereocenters. The molecule has 8 amide bonds. The molecule has 0 aliphatic carbocycles. The number of nitrogens with one attached hydrogen (secondary N) is 8. The highest BCUT2D eigenvalue weighted by atomic mass is 35.5. The Labute approximate surface area is 747 Å². The van der Waals surface area contributed by atoms with Crippen LogP contribution in [0.2, 0.25) is 0 Å². The number of terminal acetylenes is 4. The minimum absolute atomic E-state index is 0. The summed E-state index contributed by atoms with van der Waals surface area (Å²) in [6.45, 7) is 9.86. The van der Waals surface area contributed by atoms with Gasteiger partial charge in [0.25, 0.3) is 0 Å². The number of aliphatic carboxylic acids is 1. The molecule has 634 valence electrons. The number of thioether (sulfide) groups is 5. The fourth-order valence-corrected chi connectivity index (χ4v) is 21.0. The van der Waals surface area contributed by atoms with Gasteiger partial charge in [-0.05, 0) is 135 Å². The van der Waals surface area contributed by atoms with Crippen molar-refractivity contribution in [3.63, 3.8) is 0 Å². The number of fused-ring (bicyclic) bond motifs is 3. The number of carbonyl (C=O) groups is 6. The van der Waals surface area contributed by atoms with Crippen molar-refractivity contribution in [1.29, 1.82) is 0 Å². The maximum atomic E-state index is 12.6. The van der Waals surface area contributed by atoms with Crippen molar-refractivity contribution >= 4 is 120 Å². The minimum atomic E-state index is -0.729. The maximum Gasteiger partial charge on any atom is 0.315 e. The highest BCUT2D eigenvalue weighted by molar-refractivity contribution is 8.01. The predicted octanol–water partition coefficient (Wildman–Crippen LogP) is 10.5. The normalized spacial score (nSPS) is 18.3. The zero-order valence-corrected chi connectivity index (χ0v) is 75.2. The van der Waals surface area contributed by atoms with Crippen LogP contribution < -0.4 is 66.4 Å². The van der Waals surface area contributed by atoms with Gasteiger partial charge < -0.3 is 71.5 Å². The summed E-state index contributed by atoms with van der Waals surface area (Å²) in [5.41, 5.74) is 16.9. The Morgan fingerprint density at radius 2 is 0.748 bits per heavy atom. The van der Waals surface area contributed by atoms with Crippen LogP contribution in [-0.4, -0.2) is 159 Å². The molecule has 6 aliphatic rings. The SMILES string of the molecule is C#CC.C#CC#CC.C#CC#CC#C.CC#CC.NCCSC(c1ccccc1)(c1ccccc1)c1ccccc1.O=C(CCCC[C@@H]1SC[C@@H]2NC(=O)N[C@@H]21)NCCS.O=C(CCCC[C@@H]1SC[C@@H]2NC(=O)N[C@@H]21)NCCSC(c1ccccc1)(c1ccccc1)c1ccccc1.O=C(O)CCCC[C@@H]1SC[C@@H]2NC(=O)N[C@@H]21.[Cl-].[NH3+]CCS. The lowest BCUT2D eigenvalue weighted by atomic mass is 9.84. The first-order valence-electron chi connectivity index (χ1n) is 39.6. The number of benzene rings is 6. The van der Waals surface area contributed by atoms with Gasteiger partial charge in [0, 0.05) is 94.9 Å². The Balaban J connectivity index is 0.000000391. The van der Waals surface area contributed by atoms with E-state index in [1.165, 1.54) is 33.4 Å². The zero-order valence-electron chi connectivity index (χ0n) is 68.6. The third-order valence-corrected chi connectivity index (χ3v) is 26.9. The van der Waals surface area contributed by atoms with Gasteiger partial charge in [0.05, 0.1) is 52.3 Å². The van der Waals surface area contributed by atoms with Gasteiger partial charge in [-0.3, -0.25) is 14.4 Å². The van der Waals surface area contributed by atoms with Crippen LogP contribution in [0.25, 0.3) is 0 Å². The second kappa shape index (κ2) is 63.2. The van der Waals surface area contributed by atoms with Crippen LogP contribution in [0, 0.1) is 84.9 Å². The van der Waals surface area contributed by atoms with Crippen molar-refractivity contribution in [3.05, 3.63) is 215 Å². The summed E-state index contributed by atoms with van der Waals surface area (Å²) in [4.78, 5) is 68.3. The van der Waals surface area contributed by atoms with Crippen LogP contribution in [-0.2, 0) is 23.9 Å². The predicted molar refractivity (Wildman–Crippen MR) is 505 cm³/mol. The molecule has 9 atom stereocenters. The smallest absolute Gasteiger partial charge is 0.315 e. The number of urea groups is 3. The van der Waals surface area contributed by atoms with Crippen LogP contribution in [0.15, 0.2) is 182 Å². The molecule has 6 aromatic carbocycles. The Hall–Kier alpha value is -8.88. The molecule has 6 saturated heterocycles. The van der Waals surface area contributed by atoms with Crippen LogP contribution in [0.1, 0.15) is 138 Å². The number of thiol groups is 2. The molecule has 0 spiro atoms. The number of carbonyl (C=O) groups excluding carboxylic acids is 5. The van der Waals surface area contributed by atoms with E-state index in [0.29, 0.717) is 60.0 Å². The third kappa shape index (κ3) is 37.3. The van der Waals surface area contributed by atoms with Crippen molar-refractivity contribution in [2.45, 2.75) is 166 Å². The molecular weight excluding hydrogens is 1640 g/mol. The van der Waals surface area contributed by atoms with Crippen LogP contribution in [0.5, 0.6) is 0 Å². The lowest BCUT2D eigenvalue weighted by molar-refractivity contribution is -0.360. The summed E-state index contributed by atoms with van der Waals surface area (Å²) in [7, 11) is 0. The third-order valence-electron chi connectivity index (χ3n) is 18.7. The number of halogens is 1. The molecule has 25 heteroatoms. The topological polar surface area (TPSA) is 273 Å². The van der Waals surface area contributed by atoms with Crippen LogP contribution in [0.4, 0.5) is 14.4 Å². The van der Waals surface area contributed by atoms with Gasteiger partial charge in [-0.25, -0.2) is 14.4 Å². The van der Waals surface area contributed by atoms with E-state index in [2.05, 4.69) is 321 Å². The molecule has 0 saturated carbocycles. The van der Waals surface area contributed by atoms with Crippen molar-refractivity contribution in [2.24, 2.45) is 5.73 Å². The summed E-state index contributed by atoms with van der Waals surface area (Å²) >= 11 is 17.4. The quantitative estimate of drug-likeness (QED) is 0.00635. The van der Waals surface area contributed by atoms with E-state index in [0.717, 1.165) is 98.8 Å². The second-order valence-corrected chi connectivity index (χ2v) is 34.2. The van der Waals surface area contributed by atoms with Gasteiger partial charge in [-0.1, -0.05) is 207 Å². The number of hydrogen-bond acceptors (Lipinski definition) is 14. The molecular formula is C94H117ClN10O7S7. The fraction of sp³-hybridized carbons (Fsp3) is 0.404. The van der Waals surface area contributed by atoms with E-state index >= 15 is 0 Å². The number of unbranched alkanes of at least 4 members (excludes halogenated alkanes) is 3. The first kappa shape index (κ1) is 104.